The molecular formula is C9H19NO2S. The van der Waals surface area contributed by atoms with E-state index in [4.69, 9.17) is 5.11 Å². The summed E-state index contributed by atoms with van der Waals surface area (Å²) >= 11 is 1.81. The highest BCUT2D eigenvalue weighted by molar-refractivity contribution is 7.98. The molecule has 0 rings (SSSR count). The van der Waals surface area contributed by atoms with Gasteiger partial charge in [-0.1, -0.05) is 0 Å². The Morgan fingerprint density at radius 2 is 2.08 bits per heavy atom. The molecule has 0 aliphatic carbocycles. The fourth-order valence-electron chi connectivity index (χ4n) is 1.18. The Morgan fingerprint density at radius 1 is 1.46 bits per heavy atom. The van der Waals surface area contributed by atoms with Gasteiger partial charge in [-0.2, -0.15) is 11.8 Å². The summed E-state index contributed by atoms with van der Waals surface area (Å²) in [5.74, 6) is 0.380. The largest absolute Gasteiger partial charge is 0.481 e. The molecule has 0 saturated carbocycles. The minimum absolute atomic E-state index is 0.0642. The second kappa shape index (κ2) is 7.21. The van der Waals surface area contributed by atoms with Gasteiger partial charge in [0, 0.05) is 12.1 Å². The van der Waals surface area contributed by atoms with Crippen LogP contribution in [0.5, 0.6) is 0 Å². The SMILES string of the molecule is CSCCC(C)NC(C)CC(=O)O. The van der Waals surface area contributed by atoms with Crippen LogP contribution in [0, 0.1) is 0 Å². The number of aliphatic carboxylic acids is 1. The minimum atomic E-state index is -0.739. The average molecular weight is 205 g/mol. The van der Waals surface area contributed by atoms with E-state index >= 15 is 0 Å². The summed E-state index contributed by atoms with van der Waals surface area (Å²) in [6.45, 7) is 4.00. The van der Waals surface area contributed by atoms with Gasteiger partial charge in [-0.15, -0.1) is 0 Å². The number of nitrogens with one attached hydrogen (secondary N) is 1. The lowest BCUT2D eigenvalue weighted by Crippen LogP contribution is -2.36. The summed E-state index contributed by atoms with van der Waals surface area (Å²) in [5.41, 5.74) is 0. The zero-order valence-corrected chi connectivity index (χ0v) is 9.36. The Bertz CT molecular complexity index is 153. The van der Waals surface area contributed by atoms with Crippen LogP contribution in [0.4, 0.5) is 0 Å². The number of hydrogen-bond acceptors (Lipinski definition) is 3. The van der Waals surface area contributed by atoms with Gasteiger partial charge in [0.25, 0.3) is 0 Å². The summed E-state index contributed by atoms with van der Waals surface area (Å²) < 4.78 is 0. The van der Waals surface area contributed by atoms with Gasteiger partial charge in [0.05, 0.1) is 6.42 Å². The molecule has 78 valence electrons. The van der Waals surface area contributed by atoms with Gasteiger partial charge in [-0.25, -0.2) is 0 Å². The smallest absolute Gasteiger partial charge is 0.304 e. The maximum absolute atomic E-state index is 10.4. The topological polar surface area (TPSA) is 49.3 Å². The molecule has 0 aromatic rings. The van der Waals surface area contributed by atoms with Crippen molar-refractivity contribution in [3.05, 3.63) is 0 Å². The van der Waals surface area contributed by atoms with Crippen molar-refractivity contribution in [3.8, 4) is 0 Å². The first kappa shape index (κ1) is 12.8. The molecule has 0 aliphatic heterocycles. The van der Waals surface area contributed by atoms with Gasteiger partial charge < -0.3 is 10.4 Å². The molecule has 0 spiro atoms. The van der Waals surface area contributed by atoms with Crippen molar-refractivity contribution in [2.24, 2.45) is 0 Å². The highest BCUT2D eigenvalue weighted by Gasteiger charge is 2.09. The maximum atomic E-state index is 10.4. The van der Waals surface area contributed by atoms with Gasteiger partial charge in [-0.3, -0.25) is 4.79 Å². The van der Waals surface area contributed by atoms with Crippen LogP contribution < -0.4 is 5.32 Å². The van der Waals surface area contributed by atoms with Gasteiger partial charge >= 0.3 is 5.97 Å². The van der Waals surface area contributed by atoms with Gasteiger partial charge in [-0.05, 0) is 32.3 Å². The van der Waals surface area contributed by atoms with Crippen LogP contribution in [0.2, 0.25) is 0 Å². The van der Waals surface area contributed by atoms with E-state index in [1.54, 1.807) is 0 Å². The van der Waals surface area contributed by atoms with Gasteiger partial charge in [0.15, 0.2) is 0 Å². The minimum Gasteiger partial charge on any atom is -0.481 e. The maximum Gasteiger partial charge on any atom is 0.304 e. The third-order valence-corrected chi connectivity index (χ3v) is 2.45. The van der Waals surface area contributed by atoms with E-state index in [1.807, 2.05) is 18.7 Å². The first-order chi connectivity index (χ1) is 6.06. The van der Waals surface area contributed by atoms with Crippen LogP contribution in [0.3, 0.4) is 0 Å². The van der Waals surface area contributed by atoms with Crippen LogP contribution in [-0.4, -0.2) is 35.2 Å². The fraction of sp³-hybridized carbons (Fsp3) is 0.889. The quantitative estimate of drug-likeness (QED) is 0.662. The molecule has 13 heavy (non-hydrogen) atoms. The van der Waals surface area contributed by atoms with Crippen LogP contribution >= 0.6 is 11.8 Å². The molecule has 2 unspecified atom stereocenters. The summed E-state index contributed by atoms with van der Waals surface area (Å²) in [7, 11) is 0. The summed E-state index contributed by atoms with van der Waals surface area (Å²) in [4.78, 5) is 10.4. The molecule has 0 heterocycles. The fourth-order valence-corrected chi connectivity index (χ4v) is 1.77. The lowest BCUT2D eigenvalue weighted by atomic mass is 10.2. The zero-order valence-electron chi connectivity index (χ0n) is 8.54. The highest BCUT2D eigenvalue weighted by Crippen LogP contribution is 2.02. The van der Waals surface area contributed by atoms with Crippen molar-refractivity contribution in [2.75, 3.05) is 12.0 Å². The van der Waals surface area contributed by atoms with Crippen LogP contribution in [0.15, 0.2) is 0 Å². The van der Waals surface area contributed by atoms with Crippen molar-refractivity contribution in [1.29, 1.82) is 0 Å². The Balaban J connectivity index is 3.52. The molecule has 0 radical (unpaired) electrons. The second-order valence-electron chi connectivity index (χ2n) is 3.35. The van der Waals surface area contributed by atoms with E-state index in [2.05, 4.69) is 18.5 Å². The molecule has 0 aliphatic rings. The Hall–Kier alpha value is -0.220. The average Bonchev–Trinajstić information content (AvgIpc) is 1.98. The molecule has 3 nitrogen and oxygen atoms in total. The Morgan fingerprint density at radius 3 is 2.54 bits per heavy atom. The van der Waals surface area contributed by atoms with Crippen LogP contribution in [0.1, 0.15) is 26.7 Å². The molecule has 0 aromatic heterocycles. The predicted octanol–water partition coefficient (Wildman–Crippen LogP) is 1.58. The number of rotatable bonds is 7. The third kappa shape index (κ3) is 8.12. The summed E-state index contributed by atoms with van der Waals surface area (Å²) in [6.07, 6.45) is 3.36. The number of carboxylic acid groups (broad SMARTS) is 1. The normalized spacial score (nSPS) is 15.3. The molecule has 4 heteroatoms. The molecule has 0 saturated heterocycles. The van der Waals surface area contributed by atoms with E-state index in [1.165, 1.54) is 0 Å². The monoisotopic (exact) mass is 205 g/mol. The van der Waals surface area contributed by atoms with E-state index in [-0.39, 0.29) is 12.5 Å². The van der Waals surface area contributed by atoms with Crippen LogP contribution in [0.25, 0.3) is 0 Å². The first-order valence-electron chi connectivity index (χ1n) is 4.53. The Labute approximate surface area is 84.3 Å². The lowest BCUT2D eigenvalue weighted by molar-refractivity contribution is -0.137. The number of hydrogen-bond donors (Lipinski definition) is 2. The molecular weight excluding hydrogens is 186 g/mol. The highest BCUT2D eigenvalue weighted by atomic mass is 32.2. The third-order valence-electron chi connectivity index (χ3n) is 1.80. The summed E-state index contributed by atoms with van der Waals surface area (Å²) in [5, 5.41) is 11.8. The number of carboxylic acids is 1. The zero-order chi connectivity index (χ0) is 10.3. The van der Waals surface area contributed by atoms with E-state index in [9.17, 15) is 4.79 Å². The molecule has 0 amide bonds. The van der Waals surface area contributed by atoms with Gasteiger partial charge in [0.2, 0.25) is 0 Å². The first-order valence-corrected chi connectivity index (χ1v) is 5.92. The Kier molecular flexibility index (Phi) is 7.09. The van der Waals surface area contributed by atoms with Crippen molar-refractivity contribution in [1.82, 2.24) is 5.32 Å². The van der Waals surface area contributed by atoms with Crippen molar-refractivity contribution < 1.29 is 9.90 Å². The van der Waals surface area contributed by atoms with E-state index in [0.717, 1.165) is 12.2 Å². The van der Waals surface area contributed by atoms with Crippen LogP contribution in [-0.2, 0) is 4.79 Å². The number of thioether (sulfide) groups is 1. The van der Waals surface area contributed by atoms with Gasteiger partial charge in [0.1, 0.15) is 0 Å². The van der Waals surface area contributed by atoms with Crippen molar-refractivity contribution in [3.63, 3.8) is 0 Å². The number of carbonyl (C=O) groups is 1. The molecule has 0 aromatic carbocycles. The van der Waals surface area contributed by atoms with Crippen molar-refractivity contribution in [2.45, 2.75) is 38.8 Å². The molecule has 0 fully saturated rings. The van der Waals surface area contributed by atoms with E-state index < -0.39 is 5.97 Å². The lowest BCUT2D eigenvalue weighted by Gasteiger charge is -2.18. The molecule has 0 bridgehead atoms. The summed E-state index contributed by atoms with van der Waals surface area (Å²) in [6, 6.07) is 0.469. The van der Waals surface area contributed by atoms with E-state index in [0.29, 0.717) is 6.04 Å². The molecule has 2 atom stereocenters. The standard InChI is InChI=1S/C9H19NO2S/c1-7(4-5-13-3)10-8(2)6-9(11)12/h7-8,10H,4-6H2,1-3H3,(H,11,12). The predicted molar refractivity (Wildman–Crippen MR) is 57.3 cm³/mol. The second-order valence-corrected chi connectivity index (χ2v) is 4.33. The van der Waals surface area contributed by atoms with Crippen molar-refractivity contribution >= 4 is 17.7 Å². The molecule has 2 N–H and O–H groups in total.